The van der Waals surface area contributed by atoms with E-state index >= 15 is 8.78 Å². The van der Waals surface area contributed by atoms with Crippen molar-refractivity contribution in [3.05, 3.63) is 52.9 Å². The number of likely N-dealkylation sites (tertiary alicyclic amines) is 1. The number of alkyl halides is 2. The van der Waals surface area contributed by atoms with Gasteiger partial charge in [0.05, 0.1) is 11.6 Å². The molecule has 1 amide bonds. The van der Waals surface area contributed by atoms with Crippen molar-refractivity contribution in [1.82, 2.24) is 10.1 Å². The molecule has 4 rings (SSSR count). The highest BCUT2D eigenvalue weighted by molar-refractivity contribution is 5.89. The highest BCUT2D eigenvalue weighted by atomic mass is 19.3. The number of halogens is 2. The number of hydrogen-bond acceptors (Lipinski definition) is 6. The number of nitrogens with zero attached hydrogens (tertiary/aromatic N) is 2. The van der Waals surface area contributed by atoms with Gasteiger partial charge in [0.15, 0.2) is 12.4 Å². The lowest BCUT2D eigenvalue weighted by atomic mass is 9.58. The summed E-state index contributed by atoms with van der Waals surface area (Å²) in [7, 11) is 0. The maximum absolute atomic E-state index is 15.8. The van der Waals surface area contributed by atoms with Gasteiger partial charge in [-0.2, -0.15) is 8.78 Å². The van der Waals surface area contributed by atoms with E-state index in [4.69, 9.17) is 9.26 Å². The molecule has 2 aromatic rings. The van der Waals surface area contributed by atoms with Gasteiger partial charge in [-0.1, -0.05) is 50.5 Å². The molecule has 0 bridgehead atoms. The fourth-order valence-electron chi connectivity index (χ4n) is 6.45. The Labute approximate surface area is 216 Å². The minimum absolute atomic E-state index is 0.132. The van der Waals surface area contributed by atoms with Crippen LogP contribution in [0.2, 0.25) is 0 Å². The van der Waals surface area contributed by atoms with Crippen LogP contribution in [-0.4, -0.2) is 45.1 Å². The Morgan fingerprint density at radius 2 is 1.76 bits per heavy atom. The molecule has 1 aromatic carbocycles. The maximum atomic E-state index is 15.8. The van der Waals surface area contributed by atoms with Gasteiger partial charge >= 0.3 is 11.9 Å². The zero-order valence-electron chi connectivity index (χ0n) is 22.1. The summed E-state index contributed by atoms with van der Waals surface area (Å²) in [5, 5.41) is 15.2. The van der Waals surface area contributed by atoms with Crippen LogP contribution in [0.1, 0.15) is 93.2 Å². The first-order valence-corrected chi connectivity index (χ1v) is 12.7. The summed E-state index contributed by atoms with van der Waals surface area (Å²) in [4.78, 5) is 26.6. The van der Waals surface area contributed by atoms with Crippen LogP contribution in [0.25, 0.3) is 0 Å². The number of aryl methyl sites for hydroxylation is 1. The molecule has 0 radical (unpaired) electrons. The van der Waals surface area contributed by atoms with Crippen molar-refractivity contribution in [3.63, 3.8) is 0 Å². The number of carbonyl (C=O) groups excluding carboxylic acids is 2. The highest BCUT2D eigenvalue weighted by Crippen LogP contribution is 2.55. The lowest BCUT2D eigenvalue weighted by Gasteiger charge is -2.51. The van der Waals surface area contributed by atoms with Gasteiger partial charge in [-0.05, 0) is 62.0 Å². The van der Waals surface area contributed by atoms with Crippen LogP contribution in [-0.2, 0) is 16.1 Å². The predicted octanol–water partition coefficient (Wildman–Crippen LogP) is 5.61. The topological polar surface area (TPSA) is 92.9 Å². The van der Waals surface area contributed by atoms with Crippen molar-refractivity contribution >= 4 is 11.9 Å². The normalized spacial score (nSPS) is 22.6. The van der Waals surface area contributed by atoms with Crippen LogP contribution in [0.15, 0.2) is 34.9 Å². The van der Waals surface area contributed by atoms with Crippen molar-refractivity contribution in [1.29, 1.82) is 0 Å². The summed E-state index contributed by atoms with van der Waals surface area (Å²) < 4.78 is 42.1. The van der Waals surface area contributed by atoms with Crippen molar-refractivity contribution in [3.8, 4) is 0 Å². The minimum Gasteiger partial charge on any atom is -0.454 e. The molecule has 202 valence electrons. The molecular formula is C28H36F2N2O5. The molecule has 1 atom stereocenters. The van der Waals surface area contributed by atoms with Gasteiger partial charge in [-0.3, -0.25) is 4.79 Å². The Morgan fingerprint density at radius 1 is 1.14 bits per heavy atom. The van der Waals surface area contributed by atoms with Crippen LogP contribution in [0.5, 0.6) is 0 Å². The van der Waals surface area contributed by atoms with Crippen molar-refractivity contribution < 1.29 is 32.7 Å². The number of ether oxygens (including phenoxy) is 1. The van der Waals surface area contributed by atoms with Gasteiger partial charge in [0.25, 0.3) is 5.91 Å². The average Bonchev–Trinajstić information content (AvgIpc) is 3.44. The molecular weight excluding hydrogens is 482 g/mol. The predicted molar refractivity (Wildman–Crippen MR) is 132 cm³/mol. The standard InChI is InChI=1S/C28H36F2N2O5/c1-18-8-10-19(11-9-18)23(33)36-14-20-13-21(31-37-20)22-7-6-12-32(22)24(34)28(29,30)27(35)16-25(2,3)15-26(4,5)17-27/h8-11,13,22,35H,6-7,12,14-17H2,1-5H3. The second-order valence-electron chi connectivity index (χ2n) is 12.3. The van der Waals surface area contributed by atoms with E-state index in [1.807, 2.05) is 34.6 Å². The van der Waals surface area contributed by atoms with Crippen LogP contribution in [0, 0.1) is 17.8 Å². The first kappa shape index (κ1) is 27.2. The van der Waals surface area contributed by atoms with Gasteiger partial charge in [0.1, 0.15) is 11.3 Å². The molecule has 2 fully saturated rings. The quantitative estimate of drug-likeness (QED) is 0.500. The second-order valence-corrected chi connectivity index (χ2v) is 12.3. The van der Waals surface area contributed by atoms with E-state index in [0.29, 0.717) is 30.5 Å². The van der Waals surface area contributed by atoms with E-state index in [9.17, 15) is 14.7 Å². The Kier molecular flexibility index (Phi) is 6.99. The molecule has 1 unspecified atom stereocenters. The molecule has 9 heteroatoms. The van der Waals surface area contributed by atoms with E-state index in [1.165, 1.54) is 6.07 Å². The Balaban J connectivity index is 1.46. The summed E-state index contributed by atoms with van der Waals surface area (Å²) in [5.41, 5.74) is -1.79. The third-order valence-corrected chi connectivity index (χ3v) is 7.42. The molecule has 1 N–H and O–H groups in total. The smallest absolute Gasteiger partial charge is 0.352 e. The summed E-state index contributed by atoms with van der Waals surface area (Å²) >= 11 is 0. The van der Waals surface area contributed by atoms with Crippen LogP contribution >= 0.6 is 0 Å². The third kappa shape index (κ3) is 5.56. The Hall–Kier alpha value is -2.81. The minimum atomic E-state index is -3.96. The number of hydrogen-bond donors (Lipinski definition) is 1. The van der Waals surface area contributed by atoms with Gasteiger partial charge in [0, 0.05) is 12.6 Å². The zero-order valence-corrected chi connectivity index (χ0v) is 22.1. The molecule has 37 heavy (non-hydrogen) atoms. The van der Waals surface area contributed by atoms with E-state index in [2.05, 4.69) is 5.16 Å². The molecule has 0 spiro atoms. The van der Waals surface area contributed by atoms with E-state index in [-0.39, 0.29) is 31.8 Å². The summed E-state index contributed by atoms with van der Waals surface area (Å²) in [6, 6.07) is 7.74. The lowest BCUT2D eigenvalue weighted by molar-refractivity contribution is -0.231. The van der Waals surface area contributed by atoms with Crippen molar-refractivity contribution in [2.45, 2.75) is 90.9 Å². The summed E-state index contributed by atoms with van der Waals surface area (Å²) in [6.45, 7) is 9.25. The van der Waals surface area contributed by atoms with Gasteiger partial charge in [-0.15, -0.1) is 0 Å². The number of amides is 1. The number of aromatic nitrogens is 1. The molecule has 7 nitrogen and oxygen atoms in total. The van der Waals surface area contributed by atoms with Gasteiger partial charge < -0.3 is 19.3 Å². The highest BCUT2D eigenvalue weighted by Gasteiger charge is 2.65. The fourth-order valence-corrected chi connectivity index (χ4v) is 6.45. The molecule has 1 aliphatic heterocycles. The lowest BCUT2D eigenvalue weighted by Crippen LogP contribution is -2.62. The Bertz CT molecular complexity index is 1140. The maximum Gasteiger partial charge on any atom is 0.352 e. The first-order chi connectivity index (χ1) is 17.1. The fraction of sp³-hybridized carbons (Fsp3) is 0.607. The van der Waals surface area contributed by atoms with E-state index in [0.717, 1.165) is 10.5 Å². The van der Waals surface area contributed by atoms with Crippen molar-refractivity contribution in [2.75, 3.05) is 6.54 Å². The summed E-state index contributed by atoms with van der Waals surface area (Å²) in [5.74, 6) is -5.63. The van der Waals surface area contributed by atoms with E-state index in [1.54, 1.807) is 24.3 Å². The van der Waals surface area contributed by atoms with Crippen LogP contribution < -0.4 is 0 Å². The van der Waals surface area contributed by atoms with Crippen LogP contribution in [0.3, 0.4) is 0 Å². The third-order valence-electron chi connectivity index (χ3n) is 7.42. The summed E-state index contributed by atoms with van der Waals surface area (Å²) in [6.07, 6.45) is 1.30. The number of esters is 1. The number of carbonyl (C=O) groups is 2. The van der Waals surface area contributed by atoms with Gasteiger partial charge in [-0.25, -0.2) is 4.79 Å². The molecule has 2 aliphatic rings. The molecule has 1 aromatic heterocycles. The molecule has 1 saturated carbocycles. The second kappa shape index (κ2) is 9.49. The van der Waals surface area contributed by atoms with E-state index < -0.39 is 40.3 Å². The Morgan fingerprint density at radius 3 is 2.38 bits per heavy atom. The van der Waals surface area contributed by atoms with Crippen molar-refractivity contribution in [2.24, 2.45) is 10.8 Å². The van der Waals surface area contributed by atoms with Gasteiger partial charge in [0.2, 0.25) is 0 Å². The zero-order chi connectivity index (χ0) is 27.2. The van der Waals surface area contributed by atoms with Crippen LogP contribution in [0.4, 0.5) is 8.78 Å². The SMILES string of the molecule is Cc1ccc(C(=O)OCc2cc(C3CCCN3C(=O)C(F)(F)C3(O)CC(C)(C)CC(C)(C)C3)no2)cc1. The first-order valence-electron chi connectivity index (χ1n) is 12.7. The number of benzene rings is 1. The number of rotatable bonds is 6. The monoisotopic (exact) mass is 518 g/mol. The molecule has 2 heterocycles. The largest absolute Gasteiger partial charge is 0.454 e. The average molecular weight is 519 g/mol. The molecule has 1 aliphatic carbocycles. The number of aliphatic hydroxyl groups is 1. The molecule has 1 saturated heterocycles.